The van der Waals surface area contributed by atoms with Crippen LogP contribution in [-0.4, -0.2) is 40.3 Å². The van der Waals surface area contributed by atoms with E-state index in [1.54, 1.807) is 30.8 Å². The summed E-state index contributed by atoms with van der Waals surface area (Å²) in [5.41, 5.74) is 0.652. The minimum atomic E-state index is -0.814. The molecule has 0 saturated heterocycles. The Morgan fingerprint density at radius 3 is 2.57 bits per heavy atom. The lowest BCUT2D eigenvalue weighted by Gasteiger charge is -2.21. The van der Waals surface area contributed by atoms with Gasteiger partial charge in [0.2, 0.25) is 0 Å². The third-order valence-electron chi connectivity index (χ3n) is 2.95. The van der Waals surface area contributed by atoms with Crippen LogP contribution >= 0.6 is 11.8 Å². The van der Waals surface area contributed by atoms with E-state index in [1.807, 2.05) is 0 Å². The molecule has 6 heteroatoms. The van der Waals surface area contributed by atoms with Crippen LogP contribution < -0.4 is 10.6 Å². The van der Waals surface area contributed by atoms with Gasteiger partial charge in [-0.25, -0.2) is 4.79 Å². The van der Waals surface area contributed by atoms with Crippen molar-refractivity contribution in [3.05, 3.63) is 29.8 Å². The molecule has 0 radical (unpaired) electrons. The van der Waals surface area contributed by atoms with Crippen molar-refractivity contribution in [2.24, 2.45) is 0 Å². The van der Waals surface area contributed by atoms with Gasteiger partial charge in [0.15, 0.2) is 0 Å². The summed E-state index contributed by atoms with van der Waals surface area (Å²) in [6.45, 7) is 4.47. The van der Waals surface area contributed by atoms with E-state index in [-0.39, 0.29) is 11.8 Å². The summed E-state index contributed by atoms with van der Waals surface area (Å²) in [5.74, 6) is 2.13. The first-order chi connectivity index (χ1) is 10.0. The summed E-state index contributed by atoms with van der Waals surface area (Å²) in [6.07, 6.45) is 0.318. The molecule has 2 amide bonds. The molecule has 2 atom stereocenters. The van der Waals surface area contributed by atoms with E-state index in [0.717, 1.165) is 17.9 Å². The van der Waals surface area contributed by atoms with E-state index in [2.05, 4.69) is 17.6 Å². The number of phenolic OH excluding ortho intramolecular Hbond substituents is 1. The number of hydrogen-bond donors (Lipinski definition) is 4. The second-order valence-corrected chi connectivity index (χ2v) is 6.06. The number of amides is 2. The first kappa shape index (κ1) is 17.7. The maximum atomic E-state index is 11.7. The van der Waals surface area contributed by atoms with Crippen LogP contribution in [-0.2, 0) is 0 Å². The second kappa shape index (κ2) is 9.52. The van der Waals surface area contributed by atoms with Crippen molar-refractivity contribution >= 4 is 17.8 Å². The molecule has 0 bridgehead atoms. The molecule has 21 heavy (non-hydrogen) atoms. The van der Waals surface area contributed by atoms with Crippen LogP contribution in [0.2, 0.25) is 0 Å². The van der Waals surface area contributed by atoms with Crippen LogP contribution in [0.5, 0.6) is 5.75 Å². The minimum Gasteiger partial charge on any atom is -0.508 e. The van der Waals surface area contributed by atoms with Crippen molar-refractivity contribution in [1.29, 1.82) is 0 Å². The van der Waals surface area contributed by atoms with Crippen LogP contribution in [0.15, 0.2) is 24.3 Å². The molecule has 1 aromatic rings. The third-order valence-corrected chi connectivity index (χ3v) is 4.14. The number of rotatable bonds is 8. The summed E-state index contributed by atoms with van der Waals surface area (Å²) in [7, 11) is 0. The van der Waals surface area contributed by atoms with Gasteiger partial charge in [0.1, 0.15) is 5.75 Å². The molecule has 0 fully saturated rings. The van der Waals surface area contributed by atoms with Crippen molar-refractivity contribution in [3.63, 3.8) is 0 Å². The quantitative estimate of drug-likeness (QED) is 0.555. The molecule has 1 aromatic carbocycles. The summed E-state index contributed by atoms with van der Waals surface area (Å²) < 4.78 is 0. The lowest BCUT2D eigenvalue weighted by atomic mass is 10.0. The van der Waals surface area contributed by atoms with E-state index in [1.165, 1.54) is 12.1 Å². The molecule has 5 nitrogen and oxygen atoms in total. The number of benzene rings is 1. The van der Waals surface area contributed by atoms with Crippen molar-refractivity contribution in [2.45, 2.75) is 32.4 Å². The normalized spacial score (nSPS) is 13.5. The largest absolute Gasteiger partial charge is 0.508 e. The molecule has 0 aliphatic carbocycles. The lowest BCUT2D eigenvalue weighted by molar-refractivity contribution is 0.137. The minimum absolute atomic E-state index is 0.147. The molecule has 0 heterocycles. The predicted octanol–water partition coefficient (Wildman–Crippen LogP) is 2.26. The van der Waals surface area contributed by atoms with Gasteiger partial charge in [-0.05, 0) is 36.8 Å². The first-order valence-corrected chi connectivity index (χ1v) is 8.29. The highest BCUT2D eigenvalue weighted by Crippen LogP contribution is 2.19. The lowest BCUT2D eigenvalue weighted by Crippen LogP contribution is -2.44. The molecule has 0 spiro atoms. The van der Waals surface area contributed by atoms with Crippen LogP contribution in [0.25, 0.3) is 0 Å². The number of nitrogens with one attached hydrogen (secondary N) is 2. The van der Waals surface area contributed by atoms with Gasteiger partial charge in [-0.1, -0.05) is 19.1 Å². The molecular formula is C15H24N2O3S. The van der Waals surface area contributed by atoms with Gasteiger partial charge in [-0.2, -0.15) is 11.8 Å². The van der Waals surface area contributed by atoms with Crippen LogP contribution in [0, 0.1) is 0 Å². The Balaban J connectivity index is 2.32. The monoisotopic (exact) mass is 312 g/mol. The van der Waals surface area contributed by atoms with Gasteiger partial charge in [-0.15, -0.1) is 0 Å². The summed E-state index contributed by atoms with van der Waals surface area (Å²) in [6, 6.07) is 5.59. The molecular weight excluding hydrogens is 288 g/mol. The predicted molar refractivity (Wildman–Crippen MR) is 86.7 cm³/mol. The number of aliphatic hydroxyl groups excluding tert-OH is 1. The van der Waals surface area contributed by atoms with Gasteiger partial charge in [0.05, 0.1) is 12.1 Å². The van der Waals surface area contributed by atoms with Gasteiger partial charge >= 0.3 is 6.03 Å². The van der Waals surface area contributed by atoms with Crippen molar-refractivity contribution in [3.8, 4) is 5.75 Å². The van der Waals surface area contributed by atoms with E-state index in [9.17, 15) is 15.0 Å². The van der Waals surface area contributed by atoms with Gasteiger partial charge < -0.3 is 20.8 Å². The topological polar surface area (TPSA) is 81.6 Å². The zero-order valence-corrected chi connectivity index (χ0v) is 13.3. The standard InChI is InChI=1S/C15H24N2O3S/c1-3-9-21-10-8-16-15(20)17-11(2)14(19)12-4-6-13(18)7-5-12/h4-7,11,14,18-19H,3,8-10H2,1-2H3,(H2,16,17,20)/t11-,14-/m1/s1. The second-order valence-electron chi connectivity index (χ2n) is 4.84. The van der Waals surface area contributed by atoms with E-state index in [0.29, 0.717) is 12.1 Å². The molecule has 1 rings (SSSR count). The number of carbonyl (C=O) groups excluding carboxylic acids is 1. The third kappa shape index (κ3) is 6.73. The average Bonchev–Trinajstić information content (AvgIpc) is 2.47. The Bertz CT molecular complexity index is 425. The number of hydrogen-bond acceptors (Lipinski definition) is 4. The van der Waals surface area contributed by atoms with Crippen molar-refractivity contribution in [2.75, 3.05) is 18.1 Å². The zero-order valence-electron chi connectivity index (χ0n) is 12.5. The van der Waals surface area contributed by atoms with E-state index in [4.69, 9.17) is 0 Å². The average molecular weight is 312 g/mol. The Kier molecular flexibility index (Phi) is 8.00. The van der Waals surface area contributed by atoms with E-state index < -0.39 is 12.1 Å². The Hall–Kier alpha value is -1.40. The fraction of sp³-hybridized carbons (Fsp3) is 0.533. The number of thioether (sulfide) groups is 1. The van der Waals surface area contributed by atoms with Gasteiger partial charge in [0, 0.05) is 12.3 Å². The smallest absolute Gasteiger partial charge is 0.315 e. The molecule has 118 valence electrons. The summed E-state index contributed by atoms with van der Waals surface area (Å²) >= 11 is 1.80. The molecule has 0 saturated carbocycles. The zero-order chi connectivity index (χ0) is 15.7. The maximum absolute atomic E-state index is 11.7. The van der Waals surface area contributed by atoms with Crippen LogP contribution in [0.3, 0.4) is 0 Å². The SMILES string of the molecule is CCCSCCNC(=O)N[C@H](C)[C@@H](O)c1ccc(O)cc1. The number of phenols is 1. The molecule has 0 aromatic heterocycles. The highest BCUT2D eigenvalue weighted by Gasteiger charge is 2.18. The van der Waals surface area contributed by atoms with Gasteiger partial charge in [-0.3, -0.25) is 0 Å². The number of aliphatic hydroxyl groups is 1. The fourth-order valence-electron chi connectivity index (χ4n) is 1.78. The summed E-state index contributed by atoms with van der Waals surface area (Å²) in [5, 5.41) is 24.8. The molecule has 0 aliphatic rings. The maximum Gasteiger partial charge on any atom is 0.315 e. The van der Waals surface area contributed by atoms with Crippen LogP contribution in [0.1, 0.15) is 31.9 Å². The first-order valence-electron chi connectivity index (χ1n) is 7.13. The molecule has 0 unspecified atom stereocenters. The summed E-state index contributed by atoms with van der Waals surface area (Å²) in [4.78, 5) is 11.7. The highest BCUT2D eigenvalue weighted by molar-refractivity contribution is 7.99. The number of urea groups is 1. The van der Waals surface area contributed by atoms with Gasteiger partial charge in [0.25, 0.3) is 0 Å². The van der Waals surface area contributed by atoms with Crippen LogP contribution in [0.4, 0.5) is 4.79 Å². The number of carbonyl (C=O) groups is 1. The Morgan fingerprint density at radius 2 is 1.95 bits per heavy atom. The highest BCUT2D eigenvalue weighted by atomic mass is 32.2. The van der Waals surface area contributed by atoms with E-state index >= 15 is 0 Å². The molecule has 0 aliphatic heterocycles. The fourth-order valence-corrected chi connectivity index (χ4v) is 2.52. The Labute approximate surface area is 130 Å². The molecule has 4 N–H and O–H groups in total. The Morgan fingerprint density at radius 1 is 1.29 bits per heavy atom. The van der Waals surface area contributed by atoms with Crippen molar-refractivity contribution in [1.82, 2.24) is 10.6 Å². The van der Waals surface area contributed by atoms with Crippen molar-refractivity contribution < 1.29 is 15.0 Å². The number of aromatic hydroxyl groups is 1.